The molecule has 0 fully saturated rings. The van der Waals surface area contributed by atoms with Crippen molar-refractivity contribution in [1.82, 2.24) is 14.5 Å². The summed E-state index contributed by atoms with van der Waals surface area (Å²) in [7, 11) is 0. The number of nitrogens with zero attached hydrogens (tertiary/aromatic N) is 3. The Morgan fingerprint density at radius 3 is 2.82 bits per heavy atom. The van der Waals surface area contributed by atoms with E-state index in [0.29, 0.717) is 6.54 Å². The molecule has 0 saturated carbocycles. The minimum Gasteiger partial charge on any atom is -0.394 e. The van der Waals surface area contributed by atoms with Gasteiger partial charge in [0.25, 0.3) is 0 Å². The highest BCUT2D eigenvalue weighted by molar-refractivity contribution is 7.07. The molecule has 7 heteroatoms. The minimum absolute atomic E-state index is 0.118. The highest BCUT2D eigenvalue weighted by Gasteiger charge is 2.15. The molecule has 0 amide bonds. The molecule has 2 aromatic heterocycles. The Bertz CT molecular complexity index is 750. The van der Waals surface area contributed by atoms with Crippen LogP contribution >= 0.6 is 11.3 Å². The fraction of sp³-hybridized carbons (Fsp3) is 0.333. The number of hydrogen-bond acceptors (Lipinski definition) is 6. The standard InChI is InChI=1S/C15H18N4O2S/c1-10-18-14-4-11(16-5-12-8-22-9-17-12)2-3-15(14)19(10)13(6-20)7-21/h2-4,8-9,13,16,20-21H,5-7H2,1H3. The molecule has 116 valence electrons. The van der Waals surface area contributed by atoms with Crippen LogP contribution in [0.2, 0.25) is 0 Å². The summed E-state index contributed by atoms with van der Waals surface area (Å²) >= 11 is 1.58. The first-order chi connectivity index (χ1) is 10.7. The molecule has 22 heavy (non-hydrogen) atoms. The van der Waals surface area contributed by atoms with E-state index < -0.39 is 0 Å². The van der Waals surface area contributed by atoms with Crippen LogP contribution in [-0.2, 0) is 6.54 Å². The zero-order chi connectivity index (χ0) is 15.5. The molecule has 2 heterocycles. The normalized spacial score (nSPS) is 11.5. The number of anilines is 1. The van der Waals surface area contributed by atoms with Gasteiger partial charge in [-0.15, -0.1) is 11.3 Å². The van der Waals surface area contributed by atoms with Gasteiger partial charge in [0.1, 0.15) is 5.82 Å². The van der Waals surface area contributed by atoms with Crippen LogP contribution in [0.15, 0.2) is 29.1 Å². The predicted molar refractivity (Wildman–Crippen MR) is 87.1 cm³/mol. The van der Waals surface area contributed by atoms with E-state index in [4.69, 9.17) is 0 Å². The van der Waals surface area contributed by atoms with Gasteiger partial charge in [0, 0.05) is 11.1 Å². The molecule has 0 aliphatic heterocycles. The molecule has 0 radical (unpaired) electrons. The molecular weight excluding hydrogens is 300 g/mol. The van der Waals surface area contributed by atoms with Crippen molar-refractivity contribution in [3.8, 4) is 0 Å². The number of aliphatic hydroxyl groups excluding tert-OH is 2. The first-order valence-corrected chi connectivity index (χ1v) is 7.98. The third-order valence-corrected chi connectivity index (χ3v) is 4.24. The number of hydrogen-bond donors (Lipinski definition) is 3. The molecule has 1 aromatic carbocycles. The van der Waals surface area contributed by atoms with E-state index in [1.165, 1.54) is 0 Å². The molecule has 0 unspecified atom stereocenters. The summed E-state index contributed by atoms with van der Waals surface area (Å²) in [6.45, 7) is 2.31. The van der Waals surface area contributed by atoms with Gasteiger partial charge in [-0.1, -0.05) is 0 Å². The van der Waals surface area contributed by atoms with E-state index in [9.17, 15) is 10.2 Å². The van der Waals surface area contributed by atoms with Crippen LogP contribution in [0.1, 0.15) is 17.6 Å². The van der Waals surface area contributed by atoms with Crippen molar-refractivity contribution in [3.05, 3.63) is 40.6 Å². The number of fused-ring (bicyclic) bond motifs is 1. The smallest absolute Gasteiger partial charge is 0.107 e. The predicted octanol–water partition coefficient (Wildman–Crippen LogP) is 1.94. The van der Waals surface area contributed by atoms with Crippen LogP contribution in [0.5, 0.6) is 0 Å². The van der Waals surface area contributed by atoms with Gasteiger partial charge in [-0.25, -0.2) is 9.97 Å². The second-order valence-corrected chi connectivity index (χ2v) is 5.80. The average molecular weight is 318 g/mol. The minimum atomic E-state index is -0.362. The van der Waals surface area contributed by atoms with Crippen LogP contribution < -0.4 is 5.32 Å². The number of thiazole rings is 1. The number of aromatic nitrogens is 3. The summed E-state index contributed by atoms with van der Waals surface area (Å²) in [6, 6.07) is 5.53. The second-order valence-electron chi connectivity index (χ2n) is 5.08. The number of nitrogens with one attached hydrogen (secondary N) is 1. The average Bonchev–Trinajstić information content (AvgIpc) is 3.14. The number of imidazole rings is 1. The zero-order valence-electron chi connectivity index (χ0n) is 12.2. The molecule has 3 rings (SSSR count). The Kier molecular flexibility index (Phi) is 4.37. The number of aliphatic hydroxyl groups is 2. The topological polar surface area (TPSA) is 83.2 Å². The lowest BCUT2D eigenvalue weighted by Gasteiger charge is -2.16. The SMILES string of the molecule is Cc1nc2cc(NCc3cscn3)ccc2n1C(CO)CO. The summed E-state index contributed by atoms with van der Waals surface area (Å²) in [5.74, 6) is 0.778. The molecule has 0 atom stereocenters. The zero-order valence-corrected chi connectivity index (χ0v) is 13.0. The molecule has 0 spiro atoms. The van der Waals surface area contributed by atoms with E-state index in [1.54, 1.807) is 11.3 Å². The lowest BCUT2D eigenvalue weighted by molar-refractivity contribution is 0.155. The van der Waals surface area contributed by atoms with Crippen LogP contribution in [-0.4, -0.2) is 38.0 Å². The van der Waals surface area contributed by atoms with Gasteiger partial charge in [-0.05, 0) is 25.1 Å². The van der Waals surface area contributed by atoms with Crippen molar-refractivity contribution in [3.63, 3.8) is 0 Å². The Hall–Kier alpha value is -1.96. The van der Waals surface area contributed by atoms with Crippen molar-refractivity contribution in [1.29, 1.82) is 0 Å². The maximum atomic E-state index is 9.40. The molecule has 0 aliphatic carbocycles. The van der Waals surface area contributed by atoms with Crippen molar-refractivity contribution >= 4 is 28.1 Å². The van der Waals surface area contributed by atoms with E-state index in [0.717, 1.165) is 28.2 Å². The molecule has 0 bridgehead atoms. The van der Waals surface area contributed by atoms with Crippen LogP contribution in [0.4, 0.5) is 5.69 Å². The third kappa shape index (κ3) is 2.83. The molecule has 3 N–H and O–H groups in total. The fourth-order valence-corrected chi connectivity index (χ4v) is 3.09. The number of rotatable bonds is 6. The van der Waals surface area contributed by atoms with Crippen LogP contribution in [0, 0.1) is 6.92 Å². The van der Waals surface area contributed by atoms with E-state index in [1.807, 2.05) is 40.6 Å². The Balaban J connectivity index is 1.87. The lowest BCUT2D eigenvalue weighted by Crippen LogP contribution is -2.18. The number of benzene rings is 1. The van der Waals surface area contributed by atoms with Crippen molar-refractivity contribution < 1.29 is 10.2 Å². The highest BCUT2D eigenvalue weighted by atomic mass is 32.1. The van der Waals surface area contributed by atoms with E-state index in [-0.39, 0.29) is 19.3 Å². The van der Waals surface area contributed by atoms with Gasteiger partial charge in [-0.2, -0.15) is 0 Å². The largest absolute Gasteiger partial charge is 0.394 e. The molecule has 0 saturated heterocycles. The lowest BCUT2D eigenvalue weighted by atomic mass is 10.2. The Morgan fingerprint density at radius 2 is 2.14 bits per heavy atom. The highest BCUT2D eigenvalue weighted by Crippen LogP contribution is 2.24. The maximum Gasteiger partial charge on any atom is 0.107 e. The Morgan fingerprint density at radius 1 is 1.32 bits per heavy atom. The maximum absolute atomic E-state index is 9.40. The summed E-state index contributed by atoms with van der Waals surface area (Å²) in [4.78, 5) is 8.76. The van der Waals surface area contributed by atoms with E-state index >= 15 is 0 Å². The summed E-state index contributed by atoms with van der Waals surface area (Å²) in [5.41, 5.74) is 5.54. The van der Waals surface area contributed by atoms with Crippen LogP contribution in [0.25, 0.3) is 11.0 Å². The first-order valence-electron chi connectivity index (χ1n) is 7.04. The second kappa shape index (κ2) is 6.43. The van der Waals surface area contributed by atoms with E-state index in [2.05, 4.69) is 15.3 Å². The van der Waals surface area contributed by atoms with Gasteiger partial charge in [0.2, 0.25) is 0 Å². The molecular formula is C15H18N4O2S. The monoisotopic (exact) mass is 318 g/mol. The molecule has 0 aliphatic rings. The van der Waals surface area contributed by atoms with Gasteiger partial charge >= 0.3 is 0 Å². The fourth-order valence-electron chi connectivity index (χ4n) is 2.53. The summed E-state index contributed by atoms with van der Waals surface area (Å²) < 4.78 is 1.87. The summed E-state index contributed by atoms with van der Waals surface area (Å²) in [5, 5.41) is 24.1. The van der Waals surface area contributed by atoms with Crippen molar-refractivity contribution in [2.75, 3.05) is 18.5 Å². The van der Waals surface area contributed by atoms with Crippen molar-refractivity contribution in [2.45, 2.75) is 19.5 Å². The summed E-state index contributed by atoms with van der Waals surface area (Å²) in [6.07, 6.45) is 0. The van der Waals surface area contributed by atoms with Gasteiger partial charge in [0.05, 0.1) is 48.0 Å². The third-order valence-electron chi connectivity index (χ3n) is 3.61. The van der Waals surface area contributed by atoms with Crippen molar-refractivity contribution in [2.24, 2.45) is 0 Å². The quantitative estimate of drug-likeness (QED) is 0.647. The Labute approximate surface area is 132 Å². The van der Waals surface area contributed by atoms with Crippen LogP contribution in [0.3, 0.4) is 0 Å². The van der Waals surface area contributed by atoms with Gasteiger partial charge in [-0.3, -0.25) is 0 Å². The van der Waals surface area contributed by atoms with Gasteiger partial charge < -0.3 is 20.1 Å². The van der Waals surface area contributed by atoms with Gasteiger partial charge in [0.15, 0.2) is 0 Å². The molecule has 3 aromatic rings. The number of aryl methyl sites for hydroxylation is 1. The first kappa shape index (κ1) is 15.0. The molecule has 6 nitrogen and oxygen atoms in total.